The zero-order valence-corrected chi connectivity index (χ0v) is 20.1. The Morgan fingerprint density at radius 1 is 1.15 bits per heavy atom. The number of hydrogen-bond acceptors (Lipinski definition) is 6. The fourth-order valence-corrected chi connectivity index (χ4v) is 3.48. The molecule has 0 bridgehead atoms. The van der Waals surface area contributed by atoms with Gasteiger partial charge in [-0.15, -0.1) is 0 Å². The van der Waals surface area contributed by atoms with Crippen LogP contribution in [0.5, 0.6) is 0 Å². The van der Waals surface area contributed by atoms with Crippen molar-refractivity contribution in [1.29, 1.82) is 0 Å². The lowest BCUT2D eigenvalue weighted by atomic mass is 9.99. The highest BCUT2D eigenvalue weighted by atomic mass is 79.9. The largest absolute Gasteiger partial charge is 0.760 e. The van der Waals surface area contributed by atoms with Crippen LogP contribution in [0.1, 0.15) is 30.2 Å². The summed E-state index contributed by atoms with van der Waals surface area (Å²) in [4.78, 5) is 27.8. The molecule has 8 nitrogen and oxygen atoms in total. The smallest absolute Gasteiger partial charge is 0.315 e. The van der Waals surface area contributed by atoms with Crippen molar-refractivity contribution < 1.29 is 36.3 Å². The number of benzene rings is 1. The standard InChI is InChI=1S/C21H23BrF3N3O5S/c22-9-1-2-18(29)33-19(17(10-23)28-21(30)20(24)25)14-5-3-13(4-6-14)15-7-8-16(26-11-15)12-27-34(31)32/h3-8,11,17,19-20,27H,1-2,9-10,12H2,(H,28,30)(H,31,32)/p-1. The Kier molecular flexibility index (Phi) is 11.6. The second-order valence-corrected chi connectivity index (χ2v) is 8.54. The Morgan fingerprint density at radius 3 is 2.35 bits per heavy atom. The first-order valence-corrected chi connectivity index (χ1v) is 12.2. The summed E-state index contributed by atoms with van der Waals surface area (Å²) < 4.78 is 67.8. The van der Waals surface area contributed by atoms with Crippen molar-refractivity contribution in [2.24, 2.45) is 0 Å². The van der Waals surface area contributed by atoms with Crippen molar-refractivity contribution in [1.82, 2.24) is 15.0 Å². The SMILES string of the molecule is O=C(CCCBr)OC(c1ccc(-c2ccc(CNS(=O)[O-])nc2)cc1)C(CF)NC(=O)C(F)F. The molecule has 13 heteroatoms. The monoisotopic (exact) mass is 564 g/mol. The molecule has 0 radical (unpaired) electrons. The van der Waals surface area contributed by atoms with E-state index in [1.807, 2.05) is 5.32 Å². The average molecular weight is 565 g/mol. The third-order valence-electron chi connectivity index (χ3n) is 4.60. The van der Waals surface area contributed by atoms with Gasteiger partial charge in [0.05, 0.1) is 11.7 Å². The van der Waals surface area contributed by atoms with Gasteiger partial charge in [0, 0.05) is 41.3 Å². The Morgan fingerprint density at radius 2 is 1.82 bits per heavy atom. The molecule has 1 aromatic carbocycles. The van der Waals surface area contributed by atoms with Crippen LogP contribution in [0.2, 0.25) is 0 Å². The first kappa shape index (κ1) is 27.9. The van der Waals surface area contributed by atoms with Crippen molar-refractivity contribution in [3.05, 3.63) is 53.9 Å². The number of pyridine rings is 1. The van der Waals surface area contributed by atoms with Crippen molar-refractivity contribution >= 4 is 39.1 Å². The molecule has 1 heterocycles. The van der Waals surface area contributed by atoms with E-state index in [1.54, 1.807) is 24.3 Å². The van der Waals surface area contributed by atoms with E-state index in [0.29, 0.717) is 34.1 Å². The second kappa shape index (κ2) is 14.1. The molecule has 3 atom stereocenters. The normalized spacial score (nSPS) is 13.8. The third kappa shape index (κ3) is 8.78. The molecule has 34 heavy (non-hydrogen) atoms. The van der Waals surface area contributed by atoms with E-state index in [9.17, 15) is 31.5 Å². The molecule has 2 aromatic rings. The van der Waals surface area contributed by atoms with Crippen LogP contribution in [0.25, 0.3) is 11.1 Å². The molecule has 0 spiro atoms. The number of hydrogen-bond donors (Lipinski definition) is 2. The van der Waals surface area contributed by atoms with Gasteiger partial charge in [0.15, 0.2) is 0 Å². The number of alkyl halides is 4. The molecule has 0 aliphatic heterocycles. The maximum atomic E-state index is 13.7. The van der Waals surface area contributed by atoms with Crippen molar-refractivity contribution in [2.75, 3.05) is 12.0 Å². The summed E-state index contributed by atoms with van der Waals surface area (Å²) in [5.41, 5.74) is 2.19. The van der Waals surface area contributed by atoms with Crippen LogP contribution in [0.4, 0.5) is 13.2 Å². The number of nitrogens with zero attached hydrogens (tertiary/aromatic N) is 1. The summed E-state index contributed by atoms with van der Waals surface area (Å²) in [6, 6.07) is 8.20. The first-order valence-electron chi connectivity index (χ1n) is 10.0. The number of amides is 1. The van der Waals surface area contributed by atoms with E-state index < -0.39 is 48.4 Å². The Balaban J connectivity index is 2.23. The molecule has 0 saturated heterocycles. The second-order valence-electron chi connectivity index (χ2n) is 6.99. The van der Waals surface area contributed by atoms with Crippen LogP contribution in [0, 0.1) is 0 Å². The van der Waals surface area contributed by atoms with Crippen LogP contribution in [-0.4, -0.2) is 50.1 Å². The molecule has 0 fully saturated rings. The lowest BCUT2D eigenvalue weighted by Gasteiger charge is -2.26. The highest BCUT2D eigenvalue weighted by Crippen LogP contribution is 2.27. The maximum Gasteiger partial charge on any atom is 0.315 e. The van der Waals surface area contributed by atoms with Gasteiger partial charge in [0.1, 0.15) is 12.8 Å². The number of esters is 1. The molecule has 3 unspecified atom stereocenters. The van der Waals surface area contributed by atoms with Crippen LogP contribution in [0.3, 0.4) is 0 Å². The fourth-order valence-electron chi connectivity index (χ4n) is 2.93. The summed E-state index contributed by atoms with van der Waals surface area (Å²) in [5, 5.41) is 2.42. The fraction of sp³-hybridized carbons (Fsp3) is 0.381. The first-order chi connectivity index (χ1) is 16.2. The summed E-state index contributed by atoms with van der Waals surface area (Å²) >= 11 is 0.780. The minimum Gasteiger partial charge on any atom is -0.760 e. The predicted molar refractivity (Wildman–Crippen MR) is 121 cm³/mol. The van der Waals surface area contributed by atoms with Crippen molar-refractivity contribution in [3.8, 4) is 11.1 Å². The van der Waals surface area contributed by atoms with E-state index >= 15 is 0 Å². The highest BCUT2D eigenvalue weighted by molar-refractivity contribution is 9.09. The quantitative estimate of drug-likeness (QED) is 0.219. The van der Waals surface area contributed by atoms with Gasteiger partial charge in [-0.05, 0) is 23.6 Å². The number of carbonyl (C=O) groups excluding carboxylic acids is 2. The number of nitrogens with one attached hydrogen (secondary N) is 2. The molecule has 0 aliphatic carbocycles. The molecular formula is C21H22BrF3N3O5S-. The lowest BCUT2D eigenvalue weighted by Crippen LogP contribution is -2.44. The van der Waals surface area contributed by atoms with Gasteiger partial charge < -0.3 is 14.6 Å². The Bertz CT molecular complexity index is 967. The average Bonchev–Trinajstić information content (AvgIpc) is 2.83. The molecule has 0 aliphatic rings. The zero-order valence-electron chi connectivity index (χ0n) is 17.7. The molecule has 2 N–H and O–H groups in total. The summed E-state index contributed by atoms with van der Waals surface area (Å²) in [6.07, 6.45) is -2.65. The van der Waals surface area contributed by atoms with E-state index in [1.165, 1.54) is 18.3 Å². The highest BCUT2D eigenvalue weighted by Gasteiger charge is 2.31. The van der Waals surface area contributed by atoms with Crippen LogP contribution in [-0.2, 0) is 32.1 Å². The van der Waals surface area contributed by atoms with E-state index in [-0.39, 0.29) is 13.0 Å². The van der Waals surface area contributed by atoms with Crippen LogP contribution < -0.4 is 10.0 Å². The molecule has 0 saturated carbocycles. The summed E-state index contributed by atoms with van der Waals surface area (Å²) in [7, 11) is 0. The number of aromatic nitrogens is 1. The van der Waals surface area contributed by atoms with Crippen molar-refractivity contribution in [2.45, 2.75) is 38.0 Å². The molecule has 1 aromatic heterocycles. The minimum absolute atomic E-state index is 0.0223. The predicted octanol–water partition coefficient (Wildman–Crippen LogP) is 3.11. The van der Waals surface area contributed by atoms with Gasteiger partial charge in [0.2, 0.25) is 0 Å². The number of ether oxygens (including phenoxy) is 1. The van der Waals surface area contributed by atoms with E-state index in [2.05, 4.69) is 25.6 Å². The third-order valence-corrected chi connectivity index (χ3v) is 5.54. The number of carbonyl (C=O) groups is 2. The van der Waals surface area contributed by atoms with Gasteiger partial charge in [-0.3, -0.25) is 18.8 Å². The maximum absolute atomic E-state index is 13.7. The number of halogens is 4. The zero-order chi connectivity index (χ0) is 25.1. The van der Waals surface area contributed by atoms with E-state index in [0.717, 1.165) is 0 Å². The van der Waals surface area contributed by atoms with Gasteiger partial charge in [0.25, 0.3) is 5.91 Å². The van der Waals surface area contributed by atoms with Crippen molar-refractivity contribution in [3.63, 3.8) is 0 Å². The van der Waals surface area contributed by atoms with Crippen LogP contribution >= 0.6 is 15.9 Å². The summed E-state index contributed by atoms with van der Waals surface area (Å²) in [6.45, 7) is -1.20. The molecule has 1 amide bonds. The minimum atomic E-state index is -3.35. The van der Waals surface area contributed by atoms with Crippen LogP contribution in [0.15, 0.2) is 42.6 Å². The topological polar surface area (TPSA) is 120 Å². The Hall–Kier alpha value is -2.35. The Labute approximate surface area is 205 Å². The molecular weight excluding hydrogens is 543 g/mol. The van der Waals surface area contributed by atoms with E-state index in [4.69, 9.17) is 4.74 Å². The van der Waals surface area contributed by atoms with Gasteiger partial charge in [-0.25, -0.2) is 9.11 Å². The van der Waals surface area contributed by atoms with Gasteiger partial charge >= 0.3 is 12.4 Å². The summed E-state index contributed by atoms with van der Waals surface area (Å²) in [5.74, 6) is -2.33. The molecule has 2 rings (SSSR count). The molecule has 186 valence electrons. The van der Waals surface area contributed by atoms with Gasteiger partial charge in [-0.2, -0.15) is 8.78 Å². The van der Waals surface area contributed by atoms with Gasteiger partial charge in [-0.1, -0.05) is 46.3 Å². The lowest BCUT2D eigenvalue weighted by molar-refractivity contribution is -0.153. The number of rotatable bonds is 13.